The van der Waals surface area contributed by atoms with E-state index in [9.17, 15) is 0 Å². The van der Waals surface area contributed by atoms with Crippen LogP contribution in [0.1, 0.15) is 12.5 Å². The summed E-state index contributed by atoms with van der Waals surface area (Å²) in [4.78, 5) is 0. The van der Waals surface area contributed by atoms with Crippen LogP contribution in [0, 0.1) is 0 Å². The molecule has 17 heavy (non-hydrogen) atoms. The first kappa shape index (κ1) is 13.8. The van der Waals surface area contributed by atoms with E-state index < -0.39 is 0 Å². The van der Waals surface area contributed by atoms with Gasteiger partial charge in [0, 0.05) is 31.3 Å². The lowest BCUT2D eigenvalue weighted by Crippen LogP contribution is -2.19. The number of hydrogen-bond donors (Lipinski definition) is 1. The second-order valence-corrected chi connectivity index (χ2v) is 3.55. The first-order chi connectivity index (χ1) is 8.31. The van der Waals surface area contributed by atoms with Crippen molar-refractivity contribution in [3.63, 3.8) is 0 Å². The predicted molar refractivity (Wildman–Crippen MR) is 67.7 cm³/mol. The minimum absolute atomic E-state index is 0.731. The highest BCUT2D eigenvalue weighted by Crippen LogP contribution is 2.24. The van der Waals surface area contributed by atoms with E-state index in [4.69, 9.17) is 14.2 Å². The average molecular weight is 239 g/mol. The molecular formula is C13H21NO3. The van der Waals surface area contributed by atoms with Crippen LogP contribution in [0.5, 0.6) is 11.5 Å². The third-order valence-electron chi connectivity index (χ3n) is 2.44. The lowest BCUT2D eigenvalue weighted by molar-refractivity contribution is 0.149. The molecule has 4 nitrogen and oxygen atoms in total. The lowest BCUT2D eigenvalue weighted by atomic mass is 10.2. The summed E-state index contributed by atoms with van der Waals surface area (Å²) >= 11 is 0. The molecule has 0 saturated carbocycles. The second-order valence-electron chi connectivity index (χ2n) is 3.55. The molecule has 0 aliphatic carbocycles. The topological polar surface area (TPSA) is 39.7 Å². The van der Waals surface area contributed by atoms with Gasteiger partial charge in [0.05, 0.1) is 20.8 Å². The van der Waals surface area contributed by atoms with Crippen molar-refractivity contribution < 1.29 is 14.2 Å². The van der Waals surface area contributed by atoms with Gasteiger partial charge in [-0.15, -0.1) is 0 Å². The highest BCUT2D eigenvalue weighted by Gasteiger charge is 2.04. The third-order valence-corrected chi connectivity index (χ3v) is 2.44. The monoisotopic (exact) mass is 239 g/mol. The molecule has 0 heterocycles. The molecular weight excluding hydrogens is 218 g/mol. The lowest BCUT2D eigenvalue weighted by Gasteiger charge is -2.11. The number of methoxy groups -OCH3 is 2. The number of nitrogens with one attached hydrogen (secondary N) is 1. The Morgan fingerprint density at radius 3 is 2.65 bits per heavy atom. The quantitative estimate of drug-likeness (QED) is 0.703. The van der Waals surface area contributed by atoms with E-state index in [0.29, 0.717) is 0 Å². The number of rotatable bonds is 8. The fourth-order valence-electron chi connectivity index (χ4n) is 1.51. The molecule has 0 unspecified atom stereocenters. The Morgan fingerprint density at radius 1 is 1.18 bits per heavy atom. The first-order valence-corrected chi connectivity index (χ1v) is 5.81. The molecule has 0 atom stereocenters. The molecule has 0 aromatic heterocycles. The summed E-state index contributed by atoms with van der Waals surface area (Å²) in [5, 5.41) is 3.30. The van der Waals surface area contributed by atoms with Crippen LogP contribution in [0.25, 0.3) is 0 Å². The van der Waals surface area contributed by atoms with E-state index in [-0.39, 0.29) is 0 Å². The predicted octanol–water partition coefficient (Wildman–Crippen LogP) is 1.83. The van der Waals surface area contributed by atoms with Crippen molar-refractivity contribution >= 4 is 0 Å². The summed E-state index contributed by atoms with van der Waals surface area (Å²) in [6.45, 7) is 5.08. The molecule has 0 bridgehead atoms. The van der Waals surface area contributed by atoms with E-state index in [1.165, 1.54) is 0 Å². The van der Waals surface area contributed by atoms with Gasteiger partial charge < -0.3 is 19.5 Å². The van der Waals surface area contributed by atoms with Crippen molar-refractivity contribution in [3.8, 4) is 11.5 Å². The number of benzene rings is 1. The van der Waals surface area contributed by atoms with Gasteiger partial charge in [-0.1, -0.05) is 6.07 Å². The normalized spacial score (nSPS) is 10.3. The molecule has 0 spiro atoms. The Morgan fingerprint density at radius 2 is 2.00 bits per heavy atom. The van der Waals surface area contributed by atoms with E-state index in [2.05, 4.69) is 5.32 Å². The summed E-state index contributed by atoms with van der Waals surface area (Å²) in [7, 11) is 3.31. The van der Waals surface area contributed by atoms with Crippen molar-refractivity contribution in [2.24, 2.45) is 0 Å². The highest BCUT2D eigenvalue weighted by atomic mass is 16.5. The van der Waals surface area contributed by atoms with Crippen LogP contribution >= 0.6 is 0 Å². The Hall–Kier alpha value is -1.26. The molecule has 1 aromatic carbocycles. The smallest absolute Gasteiger partial charge is 0.127 e. The highest BCUT2D eigenvalue weighted by molar-refractivity contribution is 5.40. The van der Waals surface area contributed by atoms with E-state index >= 15 is 0 Å². The molecule has 1 rings (SSSR count). The third kappa shape index (κ3) is 4.63. The van der Waals surface area contributed by atoms with Crippen molar-refractivity contribution in [2.45, 2.75) is 13.5 Å². The minimum atomic E-state index is 0.731. The van der Waals surface area contributed by atoms with E-state index in [1.54, 1.807) is 14.2 Å². The SMILES string of the molecule is CCOCCNCc1ccc(OC)cc1OC. The van der Waals surface area contributed by atoms with Gasteiger partial charge in [0.1, 0.15) is 11.5 Å². The Kier molecular flexibility index (Phi) is 6.43. The largest absolute Gasteiger partial charge is 0.497 e. The summed E-state index contributed by atoms with van der Waals surface area (Å²) < 4.78 is 15.7. The van der Waals surface area contributed by atoms with E-state index in [0.717, 1.165) is 43.4 Å². The minimum Gasteiger partial charge on any atom is -0.497 e. The van der Waals surface area contributed by atoms with Crippen LogP contribution in [0.4, 0.5) is 0 Å². The number of hydrogen-bond acceptors (Lipinski definition) is 4. The van der Waals surface area contributed by atoms with Crippen molar-refractivity contribution in [1.82, 2.24) is 5.32 Å². The van der Waals surface area contributed by atoms with Gasteiger partial charge in [-0.05, 0) is 13.0 Å². The Bertz CT molecular complexity index is 328. The molecule has 0 saturated heterocycles. The number of ether oxygens (including phenoxy) is 3. The van der Waals surface area contributed by atoms with Crippen LogP contribution in [0.15, 0.2) is 18.2 Å². The maximum Gasteiger partial charge on any atom is 0.127 e. The maximum atomic E-state index is 5.31. The van der Waals surface area contributed by atoms with Crippen LogP contribution in [-0.4, -0.2) is 34.0 Å². The zero-order valence-electron chi connectivity index (χ0n) is 10.8. The molecule has 1 N–H and O–H groups in total. The van der Waals surface area contributed by atoms with Gasteiger partial charge in [-0.25, -0.2) is 0 Å². The summed E-state index contributed by atoms with van der Waals surface area (Å²) in [5.74, 6) is 1.65. The van der Waals surface area contributed by atoms with Gasteiger partial charge in [0.25, 0.3) is 0 Å². The van der Waals surface area contributed by atoms with Crippen LogP contribution in [-0.2, 0) is 11.3 Å². The van der Waals surface area contributed by atoms with Gasteiger partial charge in [-0.3, -0.25) is 0 Å². The summed E-state index contributed by atoms with van der Waals surface area (Å²) in [6.07, 6.45) is 0. The van der Waals surface area contributed by atoms with Crippen molar-refractivity contribution in [1.29, 1.82) is 0 Å². The van der Waals surface area contributed by atoms with Gasteiger partial charge in [0.15, 0.2) is 0 Å². The first-order valence-electron chi connectivity index (χ1n) is 5.81. The van der Waals surface area contributed by atoms with Gasteiger partial charge in [0.2, 0.25) is 0 Å². The second kappa shape index (κ2) is 7.92. The average Bonchev–Trinajstić information content (AvgIpc) is 2.38. The van der Waals surface area contributed by atoms with Crippen LogP contribution < -0.4 is 14.8 Å². The molecule has 0 radical (unpaired) electrons. The van der Waals surface area contributed by atoms with Crippen molar-refractivity contribution in [3.05, 3.63) is 23.8 Å². The van der Waals surface area contributed by atoms with Crippen LogP contribution in [0.3, 0.4) is 0 Å². The zero-order valence-corrected chi connectivity index (χ0v) is 10.8. The van der Waals surface area contributed by atoms with E-state index in [1.807, 2.05) is 25.1 Å². The fraction of sp³-hybridized carbons (Fsp3) is 0.538. The zero-order chi connectivity index (χ0) is 12.5. The molecule has 0 fully saturated rings. The van der Waals surface area contributed by atoms with Crippen LogP contribution in [0.2, 0.25) is 0 Å². The molecule has 4 heteroatoms. The van der Waals surface area contributed by atoms with Gasteiger partial charge >= 0.3 is 0 Å². The van der Waals surface area contributed by atoms with Crippen molar-refractivity contribution in [2.75, 3.05) is 34.0 Å². The summed E-state index contributed by atoms with van der Waals surface area (Å²) in [6, 6.07) is 5.83. The molecule has 0 amide bonds. The Balaban J connectivity index is 2.46. The molecule has 1 aromatic rings. The summed E-state index contributed by atoms with van der Waals surface area (Å²) in [5.41, 5.74) is 1.12. The molecule has 0 aliphatic heterocycles. The fourth-order valence-corrected chi connectivity index (χ4v) is 1.51. The molecule has 0 aliphatic rings. The van der Waals surface area contributed by atoms with Gasteiger partial charge in [-0.2, -0.15) is 0 Å². The molecule has 96 valence electrons. The Labute approximate surface area is 103 Å². The maximum absolute atomic E-state index is 5.31. The standard InChI is InChI=1S/C13H21NO3/c1-4-17-8-7-14-10-11-5-6-12(15-2)9-13(11)16-3/h5-6,9,14H,4,7-8,10H2,1-3H3.